The molecule has 5 nitrogen and oxygen atoms in total. The Kier molecular flexibility index (Phi) is 5.41. The number of benzene rings is 1. The Hall–Kier alpha value is -2.04. The van der Waals surface area contributed by atoms with Gasteiger partial charge in [-0.1, -0.05) is 44.2 Å². The number of carbonyl (C=O) groups is 2. The molecule has 2 unspecified atom stereocenters. The second-order valence-corrected chi connectivity index (χ2v) is 6.02. The summed E-state index contributed by atoms with van der Waals surface area (Å²) in [6.07, 6.45) is 0.0856. The molecule has 1 saturated heterocycles. The Morgan fingerprint density at radius 2 is 2.00 bits per heavy atom. The molecule has 0 aliphatic carbocycles. The third-order valence-corrected chi connectivity index (χ3v) is 3.92. The fourth-order valence-electron chi connectivity index (χ4n) is 2.60. The van der Waals surface area contributed by atoms with Crippen LogP contribution in [0.2, 0.25) is 0 Å². The highest BCUT2D eigenvalue weighted by Crippen LogP contribution is 2.23. The van der Waals surface area contributed by atoms with Gasteiger partial charge in [0.05, 0.1) is 6.61 Å². The number of carbonyl (C=O) groups excluding carboxylic acids is 2. The lowest BCUT2D eigenvalue weighted by atomic mass is 9.91. The van der Waals surface area contributed by atoms with Crippen molar-refractivity contribution in [3.63, 3.8) is 0 Å². The van der Waals surface area contributed by atoms with E-state index in [-0.39, 0.29) is 12.0 Å². The minimum Gasteiger partial charge on any atom is -0.458 e. The first kappa shape index (κ1) is 16.3. The minimum absolute atomic E-state index is 0.242. The predicted octanol–water partition coefficient (Wildman–Crippen LogP) is 2.86. The number of hydrogen-bond acceptors (Lipinski definition) is 4. The summed E-state index contributed by atoms with van der Waals surface area (Å²) in [7, 11) is 0. The minimum atomic E-state index is -0.578. The molecule has 0 aromatic heterocycles. The van der Waals surface area contributed by atoms with Gasteiger partial charge in [-0.15, -0.1) is 0 Å². The normalized spacial score (nSPS) is 23.0. The van der Waals surface area contributed by atoms with Gasteiger partial charge in [0.15, 0.2) is 6.04 Å². The summed E-state index contributed by atoms with van der Waals surface area (Å²) >= 11 is 0. The Morgan fingerprint density at radius 1 is 1.32 bits per heavy atom. The fourth-order valence-corrected chi connectivity index (χ4v) is 2.60. The first-order valence-electron chi connectivity index (χ1n) is 7.66. The average Bonchev–Trinajstić information content (AvgIpc) is 2.51. The zero-order valence-corrected chi connectivity index (χ0v) is 13.2. The third kappa shape index (κ3) is 4.23. The van der Waals surface area contributed by atoms with Gasteiger partial charge in [-0.05, 0) is 30.7 Å². The van der Waals surface area contributed by atoms with E-state index in [1.807, 2.05) is 25.1 Å². The molecule has 2 rings (SSSR count). The van der Waals surface area contributed by atoms with Crippen LogP contribution < -0.4 is 5.32 Å². The molecule has 120 valence electrons. The van der Waals surface area contributed by atoms with Crippen LogP contribution in [0.4, 0.5) is 4.79 Å². The Labute approximate surface area is 131 Å². The van der Waals surface area contributed by atoms with E-state index in [1.54, 1.807) is 6.92 Å². The molecule has 1 heterocycles. The first-order chi connectivity index (χ1) is 10.5. The first-order valence-corrected chi connectivity index (χ1v) is 7.66. The highest BCUT2D eigenvalue weighted by Gasteiger charge is 2.40. The number of hydrogen-bond donors (Lipinski definition) is 1. The Balaban J connectivity index is 1.70. The van der Waals surface area contributed by atoms with Crippen molar-refractivity contribution in [1.82, 2.24) is 5.32 Å². The third-order valence-electron chi connectivity index (χ3n) is 3.92. The van der Waals surface area contributed by atoms with E-state index in [9.17, 15) is 9.59 Å². The van der Waals surface area contributed by atoms with Crippen LogP contribution in [-0.2, 0) is 14.3 Å². The molecule has 22 heavy (non-hydrogen) atoms. The summed E-state index contributed by atoms with van der Waals surface area (Å²) in [6, 6.07) is 9.69. The molecule has 1 N–H and O–H groups in total. The summed E-state index contributed by atoms with van der Waals surface area (Å²) in [5.74, 6) is 0.242. The number of esters is 1. The molecule has 1 aliphatic rings. The highest BCUT2D eigenvalue weighted by molar-refractivity contribution is 5.86. The molecule has 1 aliphatic heterocycles. The number of rotatable bonds is 6. The van der Waals surface area contributed by atoms with Crippen molar-refractivity contribution >= 4 is 12.1 Å². The number of nitrogens with one attached hydrogen (secondary N) is 1. The van der Waals surface area contributed by atoms with Crippen molar-refractivity contribution in [3.8, 4) is 0 Å². The zero-order chi connectivity index (χ0) is 16.1. The molecular formula is C17H23NO4. The zero-order valence-electron chi connectivity index (χ0n) is 13.2. The van der Waals surface area contributed by atoms with Crippen LogP contribution in [0.5, 0.6) is 0 Å². The van der Waals surface area contributed by atoms with E-state index in [4.69, 9.17) is 9.47 Å². The second kappa shape index (κ2) is 7.29. The molecule has 1 aromatic rings. The summed E-state index contributed by atoms with van der Waals surface area (Å²) in [5.41, 5.74) is 1.28. The molecular weight excluding hydrogens is 282 g/mol. The smallest absolute Gasteiger partial charge is 0.407 e. The van der Waals surface area contributed by atoms with Gasteiger partial charge in [0.25, 0.3) is 0 Å². The fraction of sp³-hybridized carbons (Fsp3) is 0.529. The Morgan fingerprint density at radius 3 is 2.59 bits per heavy atom. The molecule has 0 spiro atoms. The number of ether oxygens (including phenoxy) is 2. The Bertz CT molecular complexity index is 517. The van der Waals surface area contributed by atoms with Crippen LogP contribution in [0.25, 0.3) is 0 Å². The van der Waals surface area contributed by atoms with Crippen molar-refractivity contribution in [3.05, 3.63) is 35.9 Å². The molecule has 5 heteroatoms. The molecule has 0 bridgehead atoms. The van der Waals surface area contributed by atoms with E-state index in [0.717, 1.165) is 6.42 Å². The summed E-state index contributed by atoms with van der Waals surface area (Å²) in [6.45, 7) is 6.28. The lowest BCUT2D eigenvalue weighted by Gasteiger charge is -2.32. The van der Waals surface area contributed by atoms with Gasteiger partial charge in [-0.25, -0.2) is 9.59 Å². The van der Waals surface area contributed by atoms with Gasteiger partial charge in [-0.2, -0.15) is 0 Å². The molecule has 1 amide bonds. The van der Waals surface area contributed by atoms with Crippen LogP contribution in [0.15, 0.2) is 30.3 Å². The topological polar surface area (TPSA) is 64.6 Å². The van der Waals surface area contributed by atoms with Crippen LogP contribution in [-0.4, -0.2) is 30.8 Å². The molecule has 1 fully saturated rings. The summed E-state index contributed by atoms with van der Waals surface area (Å²) in [5, 5.41) is 2.52. The quantitative estimate of drug-likeness (QED) is 0.821. The van der Waals surface area contributed by atoms with Crippen molar-refractivity contribution in [2.24, 2.45) is 5.92 Å². The van der Waals surface area contributed by atoms with Gasteiger partial charge in [0.2, 0.25) is 0 Å². The van der Waals surface area contributed by atoms with Crippen LogP contribution in [0.1, 0.15) is 38.7 Å². The molecule has 1 aromatic carbocycles. The van der Waals surface area contributed by atoms with Crippen LogP contribution in [0, 0.1) is 5.92 Å². The molecule has 0 radical (unpaired) electrons. The lowest BCUT2D eigenvalue weighted by molar-refractivity contribution is -0.174. The van der Waals surface area contributed by atoms with E-state index in [1.165, 1.54) is 5.56 Å². The predicted molar refractivity (Wildman–Crippen MR) is 82.5 cm³/mol. The van der Waals surface area contributed by atoms with Crippen LogP contribution >= 0.6 is 0 Å². The van der Waals surface area contributed by atoms with Gasteiger partial charge in [0, 0.05) is 0 Å². The maximum absolute atomic E-state index is 11.7. The monoisotopic (exact) mass is 305 g/mol. The average molecular weight is 305 g/mol. The van der Waals surface area contributed by atoms with Gasteiger partial charge in [-0.3, -0.25) is 0 Å². The van der Waals surface area contributed by atoms with E-state index < -0.39 is 18.1 Å². The second-order valence-electron chi connectivity index (χ2n) is 6.02. The summed E-state index contributed by atoms with van der Waals surface area (Å²) in [4.78, 5) is 22.8. The van der Waals surface area contributed by atoms with Gasteiger partial charge >= 0.3 is 12.1 Å². The van der Waals surface area contributed by atoms with Crippen molar-refractivity contribution < 1.29 is 19.1 Å². The van der Waals surface area contributed by atoms with Gasteiger partial charge in [0.1, 0.15) is 6.10 Å². The van der Waals surface area contributed by atoms with Crippen molar-refractivity contribution in [2.75, 3.05) is 6.61 Å². The van der Waals surface area contributed by atoms with Crippen molar-refractivity contribution in [2.45, 2.75) is 45.3 Å². The number of alkyl carbamates (subject to hydrolysis) is 1. The molecule has 4 atom stereocenters. The maximum Gasteiger partial charge on any atom is 0.407 e. The van der Waals surface area contributed by atoms with E-state index in [0.29, 0.717) is 12.5 Å². The van der Waals surface area contributed by atoms with Crippen molar-refractivity contribution in [1.29, 1.82) is 0 Å². The van der Waals surface area contributed by atoms with Gasteiger partial charge < -0.3 is 14.8 Å². The highest BCUT2D eigenvalue weighted by atomic mass is 16.6. The van der Waals surface area contributed by atoms with E-state index >= 15 is 0 Å². The SMILES string of the molecule is CC(COC(=O)N[C@H]1C(=O)O[C@H]1C)CC(C)c1ccccc1. The maximum atomic E-state index is 11.7. The number of amides is 1. The molecule has 0 saturated carbocycles. The van der Waals surface area contributed by atoms with Crippen LogP contribution in [0.3, 0.4) is 0 Å². The number of cyclic esters (lactones) is 1. The van der Waals surface area contributed by atoms with E-state index in [2.05, 4.69) is 24.4 Å². The largest absolute Gasteiger partial charge is 0.458 e. The summed E-state index contributed by atoms with van der Waals surface area (Å²) < 4.78 is 9.96. The standard InChI is InChI=1S/C17H23NO4/c1-11(9-12(2)14-7-5-4-6-8-14)10-21-17(20)18-15-13(3)22-16(15)19/h4-8,11-13,15H,9-10H2,1-3H3,(H,18,20)/t11?,12?,13-,15+/m0/s1. The lowest BCUT2D eigenvalue weighted by Crippen LogP contribution is -2.58.